The van der Waals surface area contributed by atoms with Gasteiger partial charge in [0, 0.05) is 11.4 Å². The molecular weight excluding hydrogens is 388 g/mol. The van der Waals surface area contributed by atoms with Gasteiger partial charge in [-0.05, 0) is 41.5 Å². The first-order valence-electron chi connectivity index (χ1n) is 9.07. The van der Waals surface area contributed by atoms with Crippen molar-refractivity contribution < 1.29 is 9.53 Å². The van der Waals surface area contributed by atoms with Crippen LogP contribution in [0.1, 0.15) is 27.3 Å². The fourth-order valence-electron chi connectivity index (χ4n) is 3.13. The molecule has 0 aliphatic heterocycles. The highest BCUT2D eigenvalue weighted by Crippen LogP contribution is 2.17. The molecule has 0 bridgehead atoms. The summed E-state index contributed by atoms with van der Waals surface area (Å²) in [4.78, 5) is 32.3. The van der Waals surface area contributed by atoms with Crippen LogP contribution in [0.4, 0.5) is 0 Å². The number of carbonyl (C=O) groups is 1. The van der Waals surface area contributed by atoms with Crippen molar-refractivity contribution in [2.45, 2.75) is 13.0 Å². The number of fused-ring (bicyclic) bond motifs is 1. The van der Waals surface area contributed by atoms with Crippen molar-refractivity contribution in [1.82, 2.24) is 9.97 Å². The van der Waals surface area contributed by atoms with Gasteiger partial charge in [0.15, 0.2) is 0 Å². The van der Waals surface area contributed by atoms with Crippen molar-refractivity contribution in [3.05, 3.63) is 111 Å². The number of hydrogen-bond acceptors (Lipinski definition) is 4. The van der Waals surface area contributed by atoms with Gasteiger partial charge in [0.05, 0.1) is 16.5 Å². The molecule has 0 atom stereocenters. The summed E-state index contributed by atoms with van der Waals surface area (Å²) in [6.07, 6.45) is 0.308. The molecule has 5 nitrogen and oxygen atoms in total. The molecule has 0 spiro atoms. The molecule has 0 fully saturated rings. The van der Waals surface area contributed by atoms with Gasteiger partial charge in [-0.15, -0.1) is 0 Å². The van der Waals surface area contributed by atoms with Crippen LogP contribution in [0.5, 0.6) is 0 Å². The molecule has 0 radical (unpaired) electrons. The summed E-state index contributed by atoms with van der Waals surface area (Å²) < 4.78 is 5.45. The van der Waals surface area contributed by atoms with Gasteiger partial charge in [0.25, 0.3) is 5.56 Å². The third-order valence-corrected chi connectivity index (χ3v) is 4.75. The summed E-state index contributed by atoms with van der Waals surface area (Å²) in [5.74, 6) is 0.0486. The highest BCUT2D eigenvalue weighted by Gasteiger charge is 2.14. The maximum atomic E-state index is 12.6. The molecule has 1 aromatic heterocycles. The number of hydrogen-bond donors (Lipinski definition) is 1. The van der Waals surface area contributed by atoms with Gasteiger partial charge in [-0.25, -0.2) is 9.78 Å². The van der Waals surface area contributed by atoms with Crippen molar-refractivity contribution in [3.63, 3.8) is 0 Å². The van der Waals surface area contributed by atoms with Crippen LogP contribution in [0.3, 0.4) is 0 Å². The highest BCUT2D eigenvalue weighted by molar-refractivity contribution is 6.30. The summed E-state index contributed by atoms with van der Waals surface area (Å²) in [5.41, 5.74) is 2.38. The minimum absolute atomic E-state index is 0.124. The number of H-pyrrole nitrogens is 1. The minimum Gasteiger partial charge on any atom is -0.457 e. The van der Waals surface area contributed by atoms with Crippen molar-refractivity contribution in [3.8, 4) is 0 Å². The molecule has 0 saturated heterocycles. The monoisotopic (exact) mass is 404 g/mol. The normalized spacial score (nSPS) is 10.8. The number of rotatable bonds is 5. The number of aromatic nitrogens is 2. The molecule has 4 aromatic rings. The van der Waals surface area contributed by atoms with Crippen molar-refractivity contribution >= 4 is 28.5 Å². The molecule has 1 heterocycles. The lowest BCUT2D eigenvalue weighted by Crippen LogP contribution is -2.14. The highest BCUT2D eigenvalue weighted by atomic mass is 35.5. The van der Waals surface area contributed by atoms with E-state index in [-0.39, 0.29) is 12.2 Å². The average Bonchev–Trinajstić information content (AvgIpc) is 2.72. The van der Waals surface area contributed by atoms with Crippen LogP contribution < -0.4 is 5.56 Å². The summed E-state index contributed by atoms with van der Waals surface area (Å²) in [7, 11) is 0. The second-order valence-electron chi connectivity index (χ2n) is 6.57. The largest absolute Gasteiger partial charge is 0.457 e. The SMILES string of the molecule is O=C(OCc1cccc(Cl)c1)c1ccccc1Cc1nc2ccccc2c(=O)[nH]1. The van der Waals surface area contributed by atoms with Gasteiger partial charge >= 0.3 is 5.97 Å². The molecule has 1 N–H and O–H groups in total. The quantitative estimate of drug-likeness (QED) is 0.496. The number of carbonyl (C=O) groups excluding carboxylic acids is 1. The van der Waals surface area contributed by atoms with Crippen LogP contribution in [0, 0.1) is 0 Å². The van der Waals surface area contributed by atoms with E-state index >= 15 is 0 Å². The Hall–Kier alpha value is -3.44. The Morgan fingerprint density at radius 3 is 2.66 bits per heavy atom. The average molecular weight is 405 g/mol. The topological polar surface area (TPSA) is 72.0 Å². The number of esters is 1. The Morgan fingerprint density at radius 1 is 1.00 bits per heavy atom. The number of halogens is 1. The standard InChI is InChI=1S/C23H17ClN2O3/c24-17-8-5-6-15(12-17)14-29-23(28)18-9-2-1-7-16(18)13-21-25-20-11-4-3-10-19(20)22(27)26-21/h1-12H,13-14H2,(H,25,26,27). The van der Waals surface area contributed by atoms with E-state index in [0.717, 1.165) is 11.1 Å². The van der Waals surface area contributed by atoms with Crippen LogP contribution in [-0.4, -0.2) is 15.9 Å². The van der Waals surface area contributed by atoms with Crippen LogP contribution in [0.2, 0.25) is 5.02 Å². The first kappa shape index (κ1) is 18.9. The van der Waals surface area contributed by atoms with Crippen molar-refractivity contribution in [2.24, 2.45) is 0 Å². The molecule has 0 amide bonds. The molecule has 0 unspecified atom stereocenters. The third-order valence-electron chi connectivity index (χ3n) is 4.52. The second-order valence-corrected chi connectivity index (χ2v) is 7.01. The number of benzene rings is 3. The Morgan fingerprint density at radius 2 is 1.79 bits per heavy atom. The van der Waals surface area contributed by atoms with Gasteiger partial charge in [0.2, 0.25) is 0 Å². The van der Waals surface area contributed by atoms with E-state index in [9.17, 15) is 9.59 Å². The Labute approximate surface area is 172 Å². The Balaban J connectivity index is 1.57. The lowest BCUT2D eigenvalue weighted by Gasteiger charge is -2.10. The maximum Gasteiger partial charge on any atom is 0.338 e. The number of nitrogens with one attached hydrogen (secondary N) is 1. The summed E-state index contributed by atoms with van der Waals surface area (Å²) in [6, 6.07) is 21.5. The first-order chi connectivity index (χ1) is 14.1. The number of nitrogens with zero attached hydrogens (tertiary/aromatic N) is 1. The van der Waals surface area contributed by atoms with Crippen LogP contribution in [-0.2, 0) is 17.8 Å². The van der Waals surface area contributed by atoms with E-state index in [0.29, 0.717) is 33.7 Å². The molecule has 29 heavy (non-hydrogen) atoms. The maximum absolute atomic E-state index is 12.6. The summed E-state index contributed by atoms with van der Waals surface area (Å²) >= 11 is 5.97. The van der Waals surface area contributed by atoms with Crippen LogP contribution in [0.25, 0.3) is 10.9 Å². The second kappa shape index (κ2) is 8.29. The number of para-hydroxylation sites is 1. The van der Waals surface area contributed by atoms with Crippen LogP contribution in [0.15, 0.2) is 77.6 Å². The molecule has 0 aliphatic carbocycles. The van der Waals surface area contributed by atoms with Crippen molar-refractivity contribution in [2.75, 3.05) is 0 Å². The lowest BCUT2D eigenvalue weighted by molar-refractivity contribution is 0.0471. The molecule has 3 aromatic carbocycles. The predicted molar refractivity (Wildman–Crippen MR) is 112 cm³/mol. The van der Waals surface area contributed by atoms with Gasteiger partial charge in [-0.2, -0.15) is 0 Å². The van der Waals surface area contributed by atoms with E-state index in [1.165, 1.54) is 0 Å². The zero-order valence-electron chi connectivity index (χ0n) is 15.4. The van der Waals surface area contributed by atoms with E-state index in [1.807, 2.05) is 24.3 Å². The zero-order chi connectivity index (χ0) is 20.2. The first-order valence-corrected chi connectivity index (χ1v) is 9.45. The molecule has 0 aliphatic rings. The van der Waals surface area contributed by atoms with E-state index in [4.69, 9.17) is 16.3 Å². The lowest BCUT2D eigenvalue weighted by atomic mass is 10.0. The minimum atomic E-state index is -0.441. The van der Waals surface area contributed by atoms with Gasteiger partial charge < -0.3 is 9.72 Å². The molecule has 0 saturated carbocycles. The fourth-order valence-corrected chi connectivity index (χ4v) is 3.34. The molecule has 4 rings (SSSR count). The van der Waals surface area contributed by atoms with Crippen molar-refractivity contribution in [1.29, 1.82) is 0 Å². The predicted octanol–water partition coefficient (Wildman–Crippen LogP) is 4.52. The fraction of sp³-hybridized carbons (Fsp3) is 0.0870. The molecule has 144 valence electrons. The van der Waals surface area contributed by atoms with E-state index in [1.54, 1.807) is 48.5 Å². The van der Waals surface area contributed by atoms with Crippen LogP contribution >= 0.6 is 11.6 Å². The molecule has 6 heteroatoms. The van der Waals surface area contributed by atoms with E-state index in [2.05, 4.69) is 9.97 Å². The number of ether oxygens (including phenoxy) is 1. The van der Waals surface area contributed by atoms with Gasteiger partial charge in [-0.3, -0.25) is 4.79 Å². The smallest absolute Gasteiger partial charge is 0.338 e. The summed E-state index contributed by atoms with van der Waals surface area (Å²) in [6.45, 7) is 0.124. The van der Waals surface area contributed by atoms with Gasteiger partial charge in [0.1, 0.15) is 12.4 Å². The Bertz CT molecular complexity index is 1250. The van der Waals surface area contributed by atoms with E-state index < -0.39 is 5.97 Å². The third kappa shape index (κ3) is 4.36. The summed E-state index contributed by atoms with van der Waals surface area (Å²) in [5, 5.41) is 1.12. The number of aromatic amines is 1. The Kier molecular flexibility index (Phi) is 5.40. The zero-order valence-corrected chi connectivity index (χ0v) is 16.1. The van der Waals surface area contributed by atoms with Gasteiger partial charge in [-0.1, -0.05) is 54.1 Å². The molecular formula is C23H17ClN2O3.